The van der Waals surface area contributed by atoms with Crippen LogP contribution in [0.4, 0.5) is 0 Å². The fourth-order valence-electron chi connectivity index (χ4n) is 4.46. The number of halogens is 1. The van der Waals surface area contributed by atoms with Crippen LogP contribution in [0.25, 0.3) is 0 Å². The molecule has 2 aliphatic carbocycles. The summed E-state index contributed by atoms with van der Waals surface area (Å²) in [5.41, 5.74) is 6.37. The molecule has 2 aliphatic rings. The van der Waals surface area contributed by atoms with Gasteiger partial charge < -0.3 is 11.1 Å². The van der Waals surface area contributed by atoms with Gasteiger partial charge in [0, 0.05) is 21.7 Å². The second-order valence-electron chi connectivity index (χ2n) is 7.17. The maximum absolute atomic E-state index is 13.0. The molecule has 3 nitrogen and oxygen atoms in total. The minimum absolute atomic E-state index is 0. The van der Waals surface area contributed by atoms with Crippen LogP contribution in [0.3, 0.4) is 0 Å². The lowest BCUT2D eigenvalue weighted by Gasteiger charge is -2.43. The highest BCUT2D eigenvalue weighted by atomic mass is 35.5. The molecule has 2 bridgehead atoms. The Morgan fingerprint density at radius 1 is 1.08 bits per heavy atom. The molecule has 2 heterocycles. The van der Waals surface area contributed by atoms with Crippen molar-refractivity contribution < 1.29 is 4.79 Å². The predicted molar refractivity (Wildman–Crippen MR) is 107 cm³/mol. The van der Waals surface area contributed by atoms with Crippen molar-refractivity contribution in [1.82, 2.24) is 5.32 Å². The number of thiophene rings is 2. The molecule has 1 amide bonds. The minimum Gasteiger partial charge on any atom is -0.343 e. The lowest BCUT2D eigenvalue weighted by molar-refractivity contribution is -0.128. The third kappa shape index (κ3) is 3.95. The van der Waals surface area contributed by atoms with Gasteiger partial charge in [-0.05, 0) is 60.4 Å². The lowest BCUT2D eigenvalue weighted by atomic mass is 9.65. The van der Waals surface area contributed by atoms with E-state index in [4.69, 9.17) is 5.73 Å². The van der Waals surface area contributed by atoms with E-state index in [1.807, 2.05) is 0 Å². The first-order valence-corrected chi connectivity index (χ1v) is 10.6. The third-order valence-electron chi connectivity index (χ3n) is 5.73. The topological polar surface area (TPSA) is 55.1 Å². The van der Waals surface area contributed by atoms with Crippen LogP contribution in [0, 0.1) is 17.8 Å². The number of hydrogen-bond donors (Lipinski definition) is 2. The van der Waals surface area contributed by atoms with Gasteiger partial charge in [-0.2, -0.15) is 0 Å². The SMILES string of the molecule is Cl.NC1C2CCCC1CC(C(=O)NC(c1cccs1)c1cccs1)C2. The molecule has 136 valence electrons. The number of amides is 1. The van der Waals surface area contributed by atoms with E-state index >= 15 is 0 Å². The number of carbonyl (C=O) groups is 1. The van der Waals surface area contributed by atoms with Crippen molar-refractivity contribution in [1.29, 1.82) is 0 Å². The zero-order valence-corrected chi connectivity index (χ0v) is 16.5. The van der Waals surface area contributed by atoms with Crippen molar-refractivity contribution in [3.63, 3.8) is 0 Å². The van der Waals surface area contributed by atoms with E-state index in [2.05, 4.69) is 40.3 Å². The van der Waals surface area contributed by atoms with Gasteiger partial charge in [-0.3, -0.25) is 4.79 Å². The summed E-state index contributed by atoms with van der Waals surface area (Å²) in [5.74, 6) is 1.42. The molecule has 3 N–H and O–H groups in total. The average molecular weight is 397 g/mol. The highest BCUT2D eigenvalue weighted by Gasteiger charge is 2.41. The highest BCUT2D eigenvalue weighted by Crippen LogP contribution is 2.42. The summed E-state index contributed by atoms with van der Waals surface area (Å²) in [7, 11) is 0. The molecule has 2 aromatic rings. The fraction of sp³-hybridized carbons (Fsp3) is 0.526. The van der Waals surface area contributed by atoms with E-state index in [1.54, 1.807) is 22.7 Å². The van der Waals surface area contributed by atoms with Crippen LogP contribution in [-0.2, 0) is 4.79 Å². The summed E-state index contributed by atoms with van der Waals surface area (Å²) < 4.78 is 0. The minimum atomic E-state index is -0.00654. The van der Waals surface area contributed by atoms with Gasteiger partial charge >= 0.3 is 0 Å². The quantitative estimate of drug-likeness (QED) is 0.793. The number of hydrogen-bond acceptors (Lipinski definition) is 4. The number of fused-ring (bicyclic) bond motifs is 2. The zero-order valence-electron chi connectivity index (χ0n) is 14.1. The van der Waals surface area contributed by atoms with Crippen LogP contribution >= 0.6 is 35.1 Å². The second-order valence-corrected chi connectivity index (χ2v) is 9.13. The van der Waals surface area contributed by atoms with E-state index < -0.39 is 0 Å². The molecule has 2 saturated carbocycles. The molecule has 0 radical (unpaired) electrons. The summed E-state index contributed by atoms with van der Waals surface area (Å²) in [6.45, 7) is 0. The fourth-order valence-corrected chi connectivity index (χ4v) is 6.12. The average Bonchev–Trinajstić information content (AvgIpc) is 3.26. The van der Waals surface area contributed by atoms with Gasteiger partial charge in [0.05, 0.1) is 6.04 Å². The smallest absolute Gasteiger partial charge is 0.223 e. The molecule has 4 rings (SSSR count). The van der Waals surface area contributed by atoms with Crippen LogP contribution in [0.15, 0.2) is 35.0 Å². The van der Waals surface area contributed by atoms with Crippen molar-refractivity contribution in [2.45, 2.75) is 44.2 Å². The summed E-state index contributed by atoms with van der Waals surface area (Å²) in [6.07, 6.45) is 5.60. The molecular weight excluding hydrogens is 372 g/mol. The Balaban J connectivity index is 0.00000182. The second kappa shape index (κ2) is 8.21. The Morgan fingerprint density at radius 2 is 1.64 bits per heavy atom. The predicted octanol–water partition coefficient (Wildman–Crippen LogP) is 4.59. The molecule has 0 aromatic carbocycles. The maximum Gasteiger partial charge on any atom is 0.223 e. The molecule has 0 spiro atoms. The zero-order chi connectivity index (χ0) is 16.5. The standard InChI is InChI=1S/C19H24N2OS2.ClH/c20-17-12-4-1-5-13(17)11-14(10-12)19(22)21-18(15-6-2-8-23-15)16-7-3-9-24-16;/h2-3,6-9,12-14,17-18H,1,4-5,10-11,20H2,(H,21,22);1H. The molecule has 2 aromatic heterocycles. The number of nitrogens with one attached hydrogen (secondary N) is 1. The highest BCUT2D eigenvalue weighted by molar-refractivity contribution is 7.11. The molecule has 25 heavy (non-hydrogen) atoms. The Morgan fingerprint density at radius 3 is 2.12 bits per heavy atom. The monoisotopic (exact) mass is 396 g/mol. The van der Waals surface area contributed by atoms with Crippen LogP contribution < -0.4 is 11.1 Å². The van der Waals surface area contributed by atoms with Gasteiger partial charge in [0.25, 0.3) is 0 Å². The number of carbonyl (C=O) groups excluding carboxylic acids is 1. The van der Waals surface area contributed by atoms with E-state index in [0.717, 1.165) is 12.8 Å². The molecular formula is C19H25ClN2OS2. The third-order valence-corrected chi connectivity index (χ3v) is 7.60. The molecule has 2 fully saturated rings. The van der Waals surface area contributed by atoms with Crippen molar-refractivity contribution in [2.24, 2.45) is 23.5 Å². The van der Waals surface area contributed by atoms with Gasteiger partial charge in [-0.1, -0.05) is 18.6 Å². The first-order valence-electron chi connectivity index (χ1n) is 8.85. The van der Waals surface area contributed by atoms with Crippen LogP contribution in [0.1, 0.15) is 47.9 Å². The van der Waals surface area contributed by atoms with Gasteiger partial charge in [0.1, 0.15) is 0 Å². The summed E-state index contributed by atoms with van der Waals surface area (Å²) in [4.78, 5) is 15.4. The van der Waals surface area contributed by atoms with Gasteiger partial charge in [0.15, 0.2) is 0 Å². The van der Waals surface area contributed by atoms with Gasteiger partial charge in [-0.25, -0.2) is 0 Å². The van der Waals surface area contributed by atoms with Crippen LogP contribution in [0.5, 0.6) is 0 Å². The number of rotatable bonds is 4. The molecule has 6 heteroatoms. The van der Waals surface area contributed by atoms with Gasteiger partial charge in [0.2, 0.25) is 5.91 Å². The molecule has 0 aliphatic heterocycles. The summed E-state index contributed by atoms with van der Waals surface area (Å²) in [6, 6.07) is 8.64. The first kappa shape index (κ1) is 18.9. The van der Waals surface area contributed by atoms with E-state index in [0.29, 0.717) is 17.9 Å². The largest absolute Gasteiger partial charge is 0.343 e. The van der Waals surface area contributed by atoms with Gasteiger partial charge in [-0.15, -0.1) is 35.1 Å². The summed E-state index contributed by atoms with van der Waals surface area (Å²) in [5, 5.41) is 7.49. The van der Waals surface area contributed by atoms with Crippen molar-refractivity contribution in [3.05, 3.63) is 44.8 Å². The Labute approximate surface area is 163 Å². The van der Waals surface area contributed by atoms with Crippen molar-refractivity contribution in [3.8, 4) is 0 Å². The van der Waals surface area contributed by atoms with E-state index in [9.17, 15) is 4.79 Å². The normalized spacial score (nSPS) is 28.4. The summed E-state index contributed by atoms with van der Waals surface area (Å²) >= 11 is 3.41. The Bertz CT molecular complexity index is 625. The van der Waals surface area contributed by atoms with Crippen molar-refractivity contribution >= 4 is 41.0 Å². The Kier molecular flexibility index (Phi) is 6.21. The molecule has 2 atom stereocenters. The van der Waals surface area contributed by atoms with E-state index in [-0.39, 0.29) is 30.3 Å². The molecule has 0 saturated heterocycles. The van der Waals surface area contributed by atoms with Crippen LogP contribution in [0.2, 0.25) is 0 Å². The molecule has 2 unspecified atom stereocenters. The van der Waals surface area contributed by atoms with Crippen LogP contribution in [-0.4, -0.2) is 11.9 Å². The Hall–Kier alpha value is -0.880. The first-order chi connectivity index (χ1) is 11.7. The van der Waals surface area contributed by atoms with Crippen molar-refractivity contribution in [2.75, 3.05) is 0 Å². The van der Waals surface area contributed by atoms with E-state index in [1.165, 1.54) is 29.0 Å². The number of nitrogens with two attached hydrogens (primary N) is 1. The lowest BCUT2D eigenvalue weighted by Crippen LogP contribution is -2.49. The maximum atomic E-state index is 13.0.